The molecule has 0 radical (unpaired) electrons. The van der Waals surface area contributed by atoms with Crippen molar-refractivity contribution in [2.24, 2.45) is 5.92 Å². The first-order chi connectivity index (χ1) is 7.20. The van der Waals surface area contributed by atoms with E-state index < -0.39 is 0 Å². The molecule has 1 aliphatic heterocycles. The molecule has 0 aromatic carbocycles. The number of nitrogens with one attached hydrogen (secondary N) is 1. The molecule has 1 saturated carbocycles. The quantitative estimate of drug-likeness (QED) is 0.743. The van der Waals surface area contributed by atoms with Crippen LogP contribution in [0.15, 0.2) is 0 Å². The Hall–Kier alpha value is -0.590. The molecule has 2 fully saturated rings. The van der Waals surface area contributed by atoms with Gasteiger partial charge in [-0.05, 0) is 33.2 Å². The van der Waals surface area contributed by atoms with Crippen molar-refractivity contribution in [1.29, 1.82) is 5.26 Å². The van der Waals surface area contributed by atoms with Gasteiger partial charge < -0.3 is 10.2 Å². The number of nitriles is 1. The zero-order chi connectivity index (χ0) is 10.8. The second-order valence-electron chi connectivity index (χ2n) is 5.16. The summed E-state index contributed by atoms with van der Waals surface area (Å²) in [5, 5.41) is 12.7. The van der Waals surface area contributed by atoms with E-state index in [0.29, 0.717) is 18.1 Å². The lowest BCUT2D eigenvalue weighted by Crippen LogP contribution is -2.41. The van der Waals surface area contributed by atoms with E-state index in [4.69, 9.17) is 5.26 Å². The van der Waals surface area contributed by atoms with Crippen molar-refractivity contribution in [2.75, 3.05) is 13.6 Å². The molecule has 84 valence electrons. The Balaban J connectivity index is 1.85. The van der Waals surface area contributed by atoms with Gasteiger partial charge in [-0.1, -0.05) is 6.42 Å². The molecule has 1 aliphatic carbocycles. The lowest BCUT2D eigenvalue weighted by molar-refractivity contribution is 0.322. The Morgan fingerprint density at radius 2 is 2.20 bits per heavy atom. The van der Waals surface area contributed by atoms with E-state index in [9.17, 15) is 0 Å². The van der Waals surface area contributed by atoms with Crippen molar-refractivity contribution in [3.05, 3.63) is 0 Å². The minimum absolute atomic E-state index is 0.256. The van der Waals surface area contributed by atoms with Crippen LogP contribution < -0.4 is 5.32 Å². The molecule has 1 N–H and O–H groups in total. The van der Waals surface area contributed by atoms with Crippen LogP contribution in [0.2, 0.25) is 0 Å². The van der Waals surface area contributed by atoms with Gasteiger partial charge in [0.25, 0.3) is 0 Å². The van der Waals surface area contributed by atoms with E-state index in [1.54, 1.807) is 0 Å². The highest BCUT2D eigenvalue weighted by atomic mass is 15.2. The molecule has 1 saturated heterocycles. The van der Waals surface area contributed by atoms with E-state index >= 15 is 0 Å². The van der Waals surface area contributed by atoms with Crippen molar-refractivity contribution in [3.63, 3.8) is 0 Å². The highest BCUT2D eigenvalue weighted by molar-refractivity contribution is 4.99. The first kappa shape index (κ1) is 10.9. The Kier molecular flexibility index (Phi) is 3.28. The highest BCUT2D eigenvalue weighted by Gasteiger charge is 2.32. The largest absolute Gasteiger partial charge is 0.309 e. The highest BCUT2D eigenvalue weighted by Crippen LogP contribution is 2.26. The average molecular weight is 207 g/mol. The molecule has 4 atom stereocenters. The third kappa shape index (κ3) is 2.32. The second-order valence-corrected chi connectivity index (χ2v) is 5.16. The molecule has 2 aliphatic rings. The van der Waals surface area contributed by atoms with Crippen LogP contribution in [-0.2, 0) is 0 Å². The van der Waals surface area contributed by atoms with Crippen LogP contribution in [0.25, 0.3) is 0 Å². The topological polar surface area (TPSA) is 39.1 Å². The maximum atomic E-state index is 9.01. The van der Waals surface area contributed by atoms with Crippen molar-refractivity contribution in [2.45, 2.75) is 50.7 Å². The fraction of sp³-hybridized carbons (Fsp3) is 0.917. The van der Waals surface area contributed by atoms with Crippen LogP contribution in [0.4, 0.5) is 0 Å². The molecule has 0 aromatic rings. The number of hydrogen-bond donors (Lipinski definition) is 1. The summed E-state index contributed by atoms with van der Waals surface area (Å²) in [4.78, 5) is 2.40. The molecular formula is C12H21N3. The molecule has 4 unspecified atom stereocenters. The van der Waals surface area contributed by atoms with Gasteiger partial charge in [-0.2, -0.15) is 5.26 Å². The monoisotopic (exact) mass is 207 g/mol. The van der Waals surface area contributed by atoms with Crippen LogP contribution in [0.3, 0.4) is 0 Å². The minimum Gasteiger partial charge on any atom is -0.309 e. The lowest BCUT2D eigenvalue weighted by Gasteiger charge is -2.20. The lowest BCUT2D eigenvalue weighted by atomic mass is 10.0. The normalized spacial score (nSPS) is 41.9. The summed E-state index contributed by atoms with van der Waals surface area (Å²) >= 11 is 0. The maximum absolute atomic E-state index is 9.01. The molecule has 3 heteroatoms. The Morgan fingerprint density at radius 1 is 1.40 bits per heavy atom. The van der Waals surface area contributed by atoms with E-state index in [1.807, 2.05) is 0 Å². The van der Waals surface area contributed by atoms with Gasteiger partial charge in [0.15, 0.2) is 0 Å². The van der Waals surface area contributed by atoms with Crippen LogP contribution in [-0.4, -0.2) is 36.6 Å². The fourth-order valence-electron chi connectivity index (χ4n) is 2.93. The number of likely N-dealkylation sites (N-methyl/N-ethyl adjacent to an activating group) is 1. The summed E-state index contributed by atoms with van der Waals surface area (Å²) in [5.41, 5.74) is 0. The van der Waals surface area contributed by atoms with Crippen LogP contribution in [0.1, 0.15) is 32.6 Å². The Morgan fingerprint density at radius 3 is 2.80 bits per heavy atom. The van der Waals surface area contributed by atoms with Gasteiger partial charge in [0.1, 0.15) is 0 Å². The summed E-state index contributed by atoms with van der Waals surface area (Å²) in [6.45, 7) is 3.41. The summed E-state index contributed by atoms with van der Waals surface area (Å²) < 4.78 is 0. The predicted octanol–water partition coefficient (Wildman–Crippen LogP) is 1.36. The molecule has 2 rings (SSSR count). The van der Waals surface area contributed by atoms with Gasteiger partial charge in [-0.25, -0.2) is 0 Å². The predicted molar refractivity (Wildman–Crippen MR) is 60.4 cm³/mol. The maximum Gasteiger partial charge on any atom is 0.0672 e. The van der Waals surface area contributed by atoms with Crippen LogP contribution in [0, 0.1) is 17.2 Å². The van der Waals surface area contributed by atoms with Gasteiger partial charge in [0, 0.05) is 24.7 Å². The number of rotatable bonds is 2. The molecule has 0 spiro atoms. The molecule has 15 heavy (non-hydrogen) atoms. The van der Waals surface area contributed by atoms with Gasteiger partial charge >= 0.3 is 0 Å². The van der Waals surface area contributed by atoms with Crippen LogP contribution in [0.5, 0.6) is 0 Å². The molecule has 0 bridgehead atoms. The standard InChI is InChI=1S/C12H21N3/c1-9-6-11(8-15(9)2)14-12-5-3-4-10(12)7-13/h9-12,14H,3-6,8H2,1-2H3. The Bertz CT molecular complexity index is 248. The number of nitrogens with zero attached hydrogens (tertiary/aromatic N) is 2. The fourth-order valence-corrected chi connectivity index (χ4v) is 2.93. The zero-order valence-corrected chi connectivity index (χ0v) is 9.74. The molecule has 3 nitrogen and oxygen atoms in total. The van der Waals surface area contributed by atoms with Gasteiger partial charge in [-0.3, -0.25) is 0 Å². The smallest absolute Gasteiger partial charge is 0.0672 e. The summed E-state index contributed by atoms with van der Waals surface area (Å²) in [5.74, 6) is 0.256. The van der Waals surface area contributed by atoms with E-state index in [2.05, 4.69) is 30.3 Å². The first-order valence-electron chi connectivity index (χ1n) is 6.06. The number of hydrogen-bond acceptors (Lipinski definition) is 3. The summed E-state index contributed by atoms with van der Waals surface area (Å²) in [7, 11) is 2.18. The van der Waals surface area contributed by atoms with Crippen LogP contribution >= 0.6 is 0 Å². The van der Waals surface area contributed by atoms with E-state index in [1.165, 1.54) is 19.3 Å². The Labute approximate surface area is 92.4 Å². The third-order valence-corrected chi connectivity index (χ3v) is 4.02. The van der Waals surface area contributed by atoms with Crippen molar-refractivity contribution in [1.82, 2.24) is 10.2 Å². The minimum atomic E-state index is 0.256. The van der Waals surface area contributed by atoms with Gasteiger partial charge in [0.05, 0.1) is 12.0 Å². The second kappa shape index (κ2) is 4.51. The van der Waals surface area contributed by atoms with Crippen molar-refractivity contribution < 1.29 is 0 Å². The van der Waals surface area contributed by atoms with Crippen molar-refractivity contribution >= 4 is 0 Å². The van der Waals surface area contributed by atoms with Gasteiger partial charge in [-0.15, -0.1) is 0 Å². The molecule has 0 amide bonds. The molecule has 0 aromatic heterocycles. The van der Waals surface area contributed by atoms with E-state index in [0.717, 1.165) is 13.0 Å². The number of likely N-dealkylation sites (tertiary alicyclic amines) is 1. The average Bonchev–Trinajstić information content (AvgIpc) is 2.75. The summed E-state index contributed by atoms with van der Waals surface area (Å²) in [6, 6.07) is 4.18. The van der Waals surface area contributed by atoms with Gasteiger partial charge in [0.2, 0.25) is 0 Å². The molecule has 1 heterocycles. The van der Waals surface area contributed by atoms with Crippen molar-refractivity contribution in [3.8, 4) is 6.07 Å². The third-order valence-electron chi connectivity index (χ3n) is 4.02. The SMILES string of the molecule is CC1CC(NC2CCCC2C#N)CN1C. The summed E-state index contributed by atoms with van der Waals surface area (Å²) in [6.07, 6.45) is 4.72. The zero-order valence-electron chi connectivity index (χ0n) is 9.74. The first-order valence-corrected chi connectivity index (χ1v) is 6.06. The van der Waals surface area contributed by atoms with E-state index in [-0.39, 0.29) is 5.92 Å². The molecular weight excluding hydrogens is 186 g/mol.